The molecule has 0 spiro atoms. The molecule has 0 atom stereocenters. The number of rotatable bonds is 5. The van der Waals surface area contributed by atoms with Crippen molar-refractivity contribution in [2.75, 3.05) is 21.3 Å². The van der Waals surface area contributed by atoms with Crippen LogP contribution in [0.2, 0.25) is 0 Å². The van der Waals surface area contributed by atoms with E-state index in [2.05, 4.69) is 4.99 Å². The van der Waals surface area contributed by atoms with Crippen molar-refractivity contribution < 1.29 is 23.8 Å². The first-order valence-electron chi connectivity index (χ1n) is 8.86. The highest BCUT2D eigenvalue weighted by Gasteiger charge is 2.16. The Bertz CT molecular complexity index is 1160. The zero-order valence-corrected chi connectivity index (χ0v) is 17.8. The number of methoxy groups -OCH3 is 3. The highest BCUT2D eigenvalue weighted by atomic mass is 32.1. The molecule has 0 unspecified atom stereocenters. The molecule has 0 fully saturated rings. The van der Waals surface area contributed by atoms with Crippen LogP contribution in [0.25, 0.3) is 10.2 Å². The van der Waals surface area contributed by atoms with Gasteiger partial charge in [0.2, 0.25) is 0 Å². The lowest BCUT2D eigenvalue weighted by Gasteiger charge is -2.09. The van der Waals surface area contributed by atoms with E-state index in [9.17, 15) is 9.59 Å². The van der Waals surface area contributed by atoms with Crippen molar-refractivity contribution >= 4 is 33.4 Å². The molecule has 1 heterocycles. The molecule has 0 saturated carbocycles. The minimum atomic E-state index is -0.444. The Balaban J connectivity index is 2.23. The van der Waals surface area contributed by atoms with Crippen LogP contribution in [0.15, 0.2) is 35.3 Å². The maximum Gasteiger partial charge on any atom is 0.325 e. The van der Waals surface area contributed by atoms with Gasteiger partial charge in [-0.2, -0.15) is 4.99 Å². The quantitative estimate of drug-likeness (QED) is 0.599. The van der Waals surface area contributed by atoms with Crippen molar-refractivity contribution in [2.24, 2.45) is 4.99 Å². The van der Waals surface area contributed by atoms with Gasteiger partial charge in [-0.25, -0.2) is 0 Å². The van der Waals surface area contributed by atoms with E-state index in [0.717, 1.165) is 15.8 Å². The number of hydrogen-bond acceptors (Lipinski definition) is 6. The molecule has 0 saturated heterocycles. The van der Waals surface area contributed by atoms with Crippen LogP contribution >= 0.6 is 11.3 Å². The molecule has 0 bridgehead atoms. The normalized spacial score (nSPS) is 11.6. The SMILES string of the molecule is COC(=O)Cn1c(=NC(=O)c2cc(C)ccc2C)sc2cc(OC)c(OC)cc21. The van der Waals surface area contributed by atoms with Gasteiger partial charge in [-0.1, -0.05) is 29.0 Å². The van der Waals surface area contributed by atoms with Crippen LogP contribution in [0.1, 0.15) is 21.5 Å². The second-order valence-corrected chi connectivity index (χ2v) is 7.47. The maximum absolute atomic E-state index is 12.9. The van der Waals surface area contributed by atoms with Gasteiger partial charge in [-0.3, -0.25) is 9.59 Å². The number of ether oxygens (including phenoxy) is 3. The molecule has 1 amide bonds. The van der Waals surface area contributed by atoms with Gasteiger partial charge in [0.05, 0.1) is 31.5 Å². The summed E-state index contributed by atoms with van der Waals surface area (Å²) >= 11 is 1.29. The summed E-state index contributed by atoms with van der Waals surface area (Å²) in [4.78, 5) is 29.6. The molecular weight excluding hydrogens is 392 g/mol. The minimum Gasteiger partial charge on any atom is -0.493 e. The van der Waals surface area contributed by atoms with Crippen LogP contribution in [0.5, 0.6) is 11.5 Å². The minimum absolute atomic E-state index is 0.0785. The van der Waals surface area contributed by atoms with Crippen molar-refractivity contribution in [3.05, 3.63) is 51.8 Å². The molecule has 7 nitrogen and oxygen atoms in total. The topological polar surface area (TPSA) is 79.1 Å². The molecule has 8 heteroatoms. The summed E-state index contributed by atoms with van der Waals surface area (Å²) in [6, 6.07) is 9.21. The first kappa shape index (κ1) is 20.6. The number of carbonyl (C=O) groups is 2. The fourth-order valence-corrected chi connectivity index (χ4v) is 3.98. The monoisotopic (exact) mass is 414 g/mol. The van der Waals surface area contributed by atoms with Crippen LogP contribution < -0.4 is 14.3 Å². The van der Waals surface area contributed by atoms with Gasteiger partial charge < -0.3 is 18.8 Å². The fraction of sp³-hybridized carbons (Fsp3) is 0.286. The van der Waals surface area contributed by atoms with E-state index in [0.29, 0.717) is 27.4 Å². The number of esters is 1. The fourth-order valence-electron chi connectivity index (χ4n) is 2.94. The Morgan fingerprint density at radius 2 is 1.72 bits per heavy atom. The van der Waals surface area contributed by atoms with E-state index in [-0.39, 0.29) is 12.5 Å². The second kappa shape index (κ2) is 8.48. The second-order valence-electron chi connectivity index (χ2n) is 6.46. The van der Waals surface area contributed by atoms with E-state index < -0.39 is 5.97 Å². The first-order chi connectivity index (χ1) is 13.9. The molecule has 0 radical (unpaired) electrons. The van der Waals surface area contributed by atoms with E-state index >= 15 is 0 Å². The standard InChI is InChI=1S/C21H22N2O5S/c1-12-6-7-13(2)14(8-12)20(25)22-21-23(11-19(24)28-5)15-9-16(26-3)17(27-4)10-18(15)29-21/h6-10H,11H2,1-5H3. The number of hydrogen-bond donors (Lipinski definition) is 0. The summed E-state index contributed by atoms with van der Waals surface area (Å²) in [6.07, 6.45) is 0. The number of carbonyl (C=O) groups excluding carboxylic acids is 2. The van der Waals surface area contributed by atoms with Crippen LogP contribution in [-0.4, -0.2) is 37.8 Å². The van der Waals surface area contributed by atoms with Crippen molar-refractivity contribution in [1.29, 1.82) is 0 Å². The molecular formula is C21H22N2O5S. The summed E-state index contributed by atoms with van der Waals surface area (Å²) in [5, 5.41) is 0. The van der Waals surface area contributed by atoms with Crippen molar-refractivity contribution in [3.63, 3.8) is 0 Å². The third-order valence-corrected chi connectivity index (χ3v) is 5.56. The van der Waals surface area contributed by atoms with Crippen molar-refractivity contribution in [1.82, 2.24) is 4.57 Å². The van der Waals surface area contributed by atoms with Crippen molar-refractivity contribution in [3.8, 4) is 11.5 Å². The largest absolute Gasteiger partial charge is 0.493 e. The molecule has 0 aliphatic heterocycles. The Morgan fingerprint density at radius 3 is 2.38 bits per heavy atom. The number of aryl methyl sites for hydroxylation is 2. The van der Waals surface area contributed by atoms with Gasteiger partial charge in [-0.05, 0) is 25.5 Å². The maximum atomic E-state index is 12.9. The highest BCUT2D eigenvalue weighted by Crippen LogP contribution is 2.33. The number of fused-ring (bicyclic) bond motifs is 1. The Morgan fingerprint density at radius 1 is 1.03 bits per heavy atom. The smallest absolute Gasteiger partial charge is 0.325 e. The number of benzene rings is 2. The highest BCUT2D eigenvalue weighted by molar-refractivity contribution is 7.16. The third-order valence-electron chi connectivity index (χ3n) is 4.52. The van der Waals surface area contributed by atoms with E-state index in [1.165, 1.54) is 25.6 Å². The third kappa shape index (κ3) is 4.17. The molecule has 3 rings (SSSR count). The lowest BCUT2D eigenvalue weighted by atomic mass is 10.1. The van der Waals surface area contributed by atoms with Gasteiger partial charge in [-0.15, -0.1) is 0 Å². The Labute approximate surface area is 172 Å². The van der Waals surface area contributed by atoms with Gasteiger partial charge in [0.1, 0.15) is 6.54 Å². The van der Waals surface area contributed by atoms with Gasteiger partial charge >= 0.3 is 5.97 Å². The predicted octanol–water partition coefficient (Wildman–Crippen LogP) is 3.25. The van der Waals surface area contributed by atoms with Crippen molar-refractivity contribution in [2.45, 2.75) is 20.4 Å². The van der Waals surface area contributed by atoms with E-state index in [4.69, 9.17) is 14.2 Å². The number of nitrogens with zero attached hydrogens (tertiary/aromatic N) is 2. The molecule has 29 heavy (non-hydrogen) atoms. The molecule has 0 aliphatic carbocycles. The summed E-state index contributed by atoms with van der Waals surface area (Å²) in [7, 11) is 4.41. The average molecular weight is 414 g/mol. The first-order valence-corrected chi connectivity index (χ1v) is 9.68. The Hall–Kier alpha value is -3.13. The zero-order chi connectivity index (χ0) is 21.1. The number of thiazole rings is 1. The summed E-state index contributed by atoms with van der Waals surface area (Å²) < 4.78 is 18.0. The van der Waals surface area contributed by atoms with E-state index in [1.807, 2.05) is 32.0 Å². The number of aromatic nitrogens is 1. The van der Waals surface area contributed by atoms with Crippen LogP contribution in [-0.2, 0) is 16.1 Å². The molecule has 1 aromatic heterocycles. The summed E-state index contributed by atoms with van der Waals surface area (Å²) in [5.41, 5.74) is 3.04. The molecule has 0 aliphatic rings. The van der Waals surface area contributed by atoms with Gasteiger partial charge in [0, 0.05) is 17.7 Å². The molecule has 2 aromatic carbocycles. The van der Waals surface area contributed by atoms with E-state index in [1.54, 1.807) is 23.8 Å². The molecule has 152 valence electrons. The van der Waals surface area contributed by atoms with Gasteiger partial charge in [0.25, 0.3) is 5.91 Å². The molecule has 3 aromatic rings. The zero-order valence-electron chi connectivity index (χ0n) is 16.9. The lowest BCUT2D eigenvalue weighted by Crippen LogP contribution is -2.22. The van der Waals surface area contributed by atoms with Crippen LogP contribution in [0, 0.1) is 13.8 Å². The molecule has 0 N–H and O–H groups in total. The lowest BCUT2D eigenvalue weighted by molar-refractivity contribution is -0.141. The summed E-state index contributed by atoms with van der Waals surface area (Å²) in [6.45, 7) is 3.71. The van der Waals surface area contributed by atoms with Crippen LogP contribution in [0.4, 0.5) is 0 Å². The van der Waals surface area contributed by atoms with Crippen LogP contribution in [0.3, 0.4) is 0 Å². The average Bonchev–Trinajstić information content (AvgIpc) is 3.04. The summed E-state index contributed by atoms with van der Waals surface area (Å²) in [5.74, 6) is 0.262. The van der Waals surface area contributed by atoms with Gasteiger partial charge in [0.15, 0.2) is 16.3 Å². The Kier molecular flexibility index (Phi) is 6.03. The predicted molar refractivity (Wildman–Crippen MR) is 111 cm³/mol. The number of amides is 1.